The van der Waals surface area contributed by atoms with Gasteiger partial charge < -0.3 is 34.6 Å². The van der Waals surface area contributed by atoms with Gasteiger partial charge in [0.2, 0.25) is 0 Å². The zero-order valence-corrected chi connectivity index (χ0v) is 36.3. The van der Waals surface area contributed by atoms with Gasteiger partial charge in [-0.25, -0.2) is 4.57 Å². The SMILES string of the molecule is CCCCCCCCCCCCCCCCCCCCC(=O)OC[C@H](COP(=O)(O)O)OC(=O)CCCCCC[C@@H]1[C@@H](/C=C/[C@@H](O)CCCCC)[C@H](O)C[C@@H]1O. The van der Waals surface area contributed by atoms with Gasteiger partial charge in [0, 0.05) is 25.2 Å². The van der Waals surface area contributed by atoms with E-state index in [1.807, 2.05) is 6.08 Å². The smallest absolute Gasteiger partial charge is 0.462 e. The van der Waals surface area contributed by atoms with Gasteiger partial charge in [-0.05, 0) is 31.6 Å². The lowest BCUT2D eigenvalue weighted by Crippen LogP contribution is -2.29. The van der Waals surface area contributed by atoms with Crippen LogP contribution in [0.15, 0.2) is 12.2 Å². The molecule has 0 aromatic heterocycles. The summed E-state index contributed by atoms with van der Waals surface area (Å²) in [6.07, 6.45) is 31.4. The summed E-state index contributed by atoms with van der Waals surface area (Å²) in [5.41, 5.74) is 0. The third-order valence-electron chi connectivity index (χ3n) is 11.1. The average molecular weight is 819 g/mol. The van der Waals surface area contributed by atoms with E-state index in [-0.39, 0.29) is 31.3 Å². The van der Waals surface area contributed by atoms with Crippen LogP contribution in [-0.4, -0.2) is 74.7 Å². The van der Waals surface area contributed by atoms with Crippen molar-refractivity contribution in [2.24, 2.45) is 11.8 Å². The topological polar surface area (TPSA) is 180 Å². The first-order valence-electron chi connectivity index (χ1n) is 22.7. The first-order chi connectivity index (χ1) is 27.0. The monoisotopic (exact) mass is 819 g/mol. The molecule has 1 aliphatic carbocycles. The van der Waals surface area contributed by atoms with Crippen molar-refractivity contribution in [2.45, 2.75) is 231 Å². The molecular formula is C44H83O11P. The summed E-state index contributed by atoms with van der Waals surface area (Å²) in [5.74, 6) is -1.31. The number of rotatable bonds is 38. The van der Waals surface area contributed by atoms with E-state index >= 15 is 0 Å². The first kappa shape index (κ1) is 52.7. The van der Waals surface area contributed by atoms with Crippen LogP contribution in [0.2, 0.25) is 0 Å². The number of phosphoric acid groups is 1. The van der Waals surface area contributed by atoms with Crippen LogP contribution in [0.3, 0.4) is 0 Å². The predicted molar refractivity (Wildman–Crippen MR) is 223 cm³/mol. The number of carbonyl (C=O) groups is 2. The van der Waals surface area contributed by atoms with E-state index in [4.69, 9.17) is 19.3 Å². The van der Waals surface area contributed by atoms with E-state index in [1.165, 1.54) is 89.9 Å². The number of ether oxygens (including phenoxy) is 2. The second-order valence-electron chi connectivity index (χ2n) is 16.4. The van der Waals surface area contributed by atoms with Crippen LogP contribution < -0.4 is 0 Å². The van der Waals surface area contributed by atoms with Gasteiger partial charge in [0.1, 0.15) is 6.61 Å². The lowest BCUT2D eigenvalue weighted by atomic mass is 9.88. The average Bonchev–Trinajstić information content (AvgIpc) is 3.42. The molecule has 56 heavy (non-hydrogen) atoms. The molecule has 0 heterocycles. The Balaban J connectivity index is 2.20. The van der Waals surface area contributed by atoms with Crippen molar-refractivity contribution in [3.8, 4) is 0 Å². The highest BCUT2D eigenvalue weighted by molar-refractivity contribution is 7.46. The Labute approximate surface area is 340 Å². The molecule has 0 amide bonds. The van der Waals surface area contributed by atoms with E-state index in [0.29, 0.717) is 25.7 Å². The van der Waals surface area contributed by atoms with Crippen molar-refractivity contribution < 1.29 is 53.3 Å². The molecule has 11 nitrogen and oxygen atoms in total. The molecule has 5 N–H and O–H groups in total. The highest BCUT2D eigenvalue weighted by atomic mass is 31.2. The summed E-state index contributed by atoms with van der Waals surface area (Å²) in [6, 6.07) is 0. The van der Waals surface area contributed by atoms with Gasteiger partial charge in [-0.2, -0.15) is 0 Å². The molecule has 330 valence electrons. The molecule has 0 spiro atoms. The maximum absolute atomic E-state index is 12.5. The van der Waals surface area contributed by atoms with Gasteiger partial charge in [0.25, 0.3) is 0 Å². The van der Waals surface area contributed by atoms with Crippen molar-refractivity contribution in [2.75, 3.05) is 13.2 Å². The predicted octanol–water partition coefficient (Wildman–Crippen LogP) is 10.2. The van der Waals surface area contributed by atoms with Crippen LogP contribution in [0.5, 0.6) is 0 Å². The van der Waals surface area contributed by atoms with Gasteiger partial charge in [-0.15, -0.1) is 0 Å². The van der Waals surface area contributed by atoms with Crippen molar-refractivity contribution in [3.63, 3.8) is 0 Å². The maximum atomic E-state index is 12.5. The fourth-order valence-corrected chi connectivity index (χ4v) is 8.07. The van der Waals surface area contributed by atoms with Crippen LogP contribution >= 0.6 is 7.82 Å². The van der Waals surface area contributed by atoms with Crippen LogP contribution in [-0.2, 0) is 28.2 Å². The lowest BCUT2D eigenvalue weighted by molar-refractivity contribution is -0.161. The van der Waals surface area contributed by atoms with Crippen molar-refractivity contribution in [1.82, 2.24) is 0 Å². The summed E-state index contributed by atoms with van der Waals surface area (Å²) in [4.78, 5) is 43.2. The summed E-state index contributed by atoms with van der Waals surface area (Å²) >= 11 is 0. The molecule has 0 aliphatic heterocycles. The highest BCUT2D eigenvalue weighted by Crippen LogP contribution is 2.38. The molecule has 1 fully saturated rings. The summed E-state index contributed by atoms with van der Waals surface area (Å²) in [5, 5.41) is 31.3. The van der Waals surface area contributed by atoms with Gasteiger partial charge in [-0.3, -0.25) is 14.1 Å². The third kappa shape index (κ3) is 29.8. The Morgan fingerprint density at radius 2 is 1.11 bits per heavy atom. The Bertz CT molecular complexity index is 1030. The van der Waals surface area contributed by atoms with Gasteiger partial charge in [0.05, 0.1) is 24.9 Å². The number of aliphatic hydroxyl groups excluding tert-OH is 3. The molecule has 1 aliphatic rings. The second-order valence-corrected chi connectivity index (χ2v) is 17.6. The highest BCUT2D eigenvalue weighted by Gasteiger charge is 2.39. The van der Waals surface area contributed by atoms with E-state index < -0.39 is 50.8 Å². The molecule has 1 rings (SSSR count). The Morgan fingerprint density at radius 3 is 1.62 bits per heavy atom. The van der Waals surface area contributed by atoms with E-state index in [2.05, 4.69) is 18.4 Å². The Morgan fingerprint density at radius 1 is 0.643 bits per heavy atom. The Hall–Kier alpha value is -1.33. The van der Waals surface area contributed by atoms with E-state index in [1.54, 1.807) is 6.08 Å². The first-order valence-corrected chi connectivity index (χ1v) is 24.3. The summed E-state index contributed by atoms with van der Waals surface area (Å²) < 4.78 is 26.5. The zero-order valence-electron chi connectivity index (χ0n) is 35.4. The molecule has 6 atom stereocenters. The second kappa shape index (κ2) is 34.5. The number of hydrogen-bond donors (Lipinski definition) is 5. The number of aliphatic hydroxyl groups is 3. The molecule has 0 aromatic carbocycles. The van der Waals surface area contributed by atoms with E-state index in [0.717, 1.165) is 64.2 Å². The lowest BCUT2D eigenvalue weighted by Gasteiger charge is -2.21. The third-order valence-corrected chi connectivity index (χ3v) is 11.6. The summed E-state index contributed by atoms with van der Waals surface area (Å²) in [6.45, 7) is 3.44. The molecule has 12 heteroatoms. The number of hydrogen-bond acceptors (Lipinski definition) is 9. The minimum Gasteiger partial charge on any atom is -0.462 e. The normalized spacial score (nSPS) is 19.8. The van der Waals surface area contributed by atoms with Gasteiger partial charge in [0.15, 0.2) is 6.10 Å². The quantitative estimate of drug-likeness (QED) is 0.0173. The Kier molecular flexibility index (Phi) is 32.5. The zero-order chi connectivity index (χ0) is 41.3. The summed E-state index contributed by atoms with van der Waals surface area (Å²) in [7, 11) is -4.81. The number of phosphoric ester groups is 1. The maximum Gasteiger partial charge on any atom is 0.469 e. The van der Waals surface area contributed by atoms with Crippen LogP contribution in [0.4, 0.5) is 0 Å². The molecular weight excluding hydrogens is 735 g/mol. The van der Waals surface area contributed by atoms with Crippen LogP contribution in [0.25, 0.3) is 0 Å². The standard InChI is InChI=1S/C44H83O11P/c1-3-5-7-8-9-10-11-12-13-14-15-16-17-18-19-20-21-26-30-43(48)53-35-38(36-54-56(50,51)52)55-44(49)31-27-23-22-25-29-39-40(42(47)34-41(39)46)33-32-37(45)28-24-6-4-2/h32-33,37-42,45-47H,3-31,34-36H2,1-2H3,(H2,50,51,52)/b33-32+/t37-,38+,39+,40+,41-,42+/m0/s1. The largest absolute Gasteiger partial charge is 0.469 e. The van der Waals surface area contributed by atoms with Crippen molar-refractivity contribution >= 4 is 19.8 Å². The fraction of sp³-hybridized carbons (Fsp3) is 0.909. The number of esters is 2. The fourth-order valence-electron chi connectivity index (χ4n) is 7.71. The molecule has 0 unspecified atom stereocenters. The molecule has 1 saturated carbocycles. The van der Waals surface area contributed by atoms with Crippen molar-refractivity contribution in [3.05, 3.63) is 12.2 Å². The molecule has 0 saturated heterocycles. The molecule has 0 radical (unpaired) electrons. The minimum atomic E-state index is -4.81. The van der Waals surface area contributed by atoms with Crippen LogP contribution in [0.1, 0.15) is 206 Å². The van der Waals surface area contributed by atoms with Crippen molar-refractivity contribution in [1.29, 1.82) is 0 Å². The van der Waals surface area contributed by atoms with Gasteiger partial charge >= 0.3 is 19.8 Å². The molecule has 0 bridgehead atoms. The van der Waals surface area contributed by atoms with Crippen LogP contribution in [0, 0.1) is 11.8 Å². The minimum absolute atomic E-state index is 0.0890. The number of unbranched alkanes of at least 4 members (excludes halogenated alkanes) is 22. The number of carbonyl (C=O) groups excluding carboxylic acids is 2. The molecule has 0 aromatic rings. The van der Waals surface area contributed by atoms with E-state index in [9.17, 15) is 29.5 Å². The van der Waals surface area contributed by atoms with Gasteiger partial charge in [-0.1, -0.05) is 174 Å².